The van der Waals surface area contributed by atoms with E-state index in [9.17, 15) is 0 Å². The molecule has 0 bridgehead atoms. The summed E-state index contributed by atoms with van der Waals surface area (Å²) < 4.78 is 1.12. The third kappa shape index (κ3) is 7.74. The quantitative estimate of drug-likeness (QED) is 0.355. The van der Waals surface area contributed by atoms with Gasteiger partial charge in [-0.1, -0.05) is 41.1 Å². The van der Waals surface area contributed by atoms with Crippen LogP contribution < -0.4 is 10.6 Å². The van der Waals surface area contributed by atoms with E-state index in [2.05, 4.69) is 76.8 Å². The highest BCUT2D eigenvalue weighted by atomic mass is 127. The number of benzene rings is 1. The van der Waals surface area contributed by atoms with Crippen molar-refractivity contribution in [3.8, 4) is 0 Å². The molecule has 0 aliphatic heterocycles. The Kier molecular flexibility index (Phi) is 11.6. The fourth-order valence-electron chi connectivity index (χ4n) is 1.72. The van der Waals surface area contributed by atoms with Crippen molar-refractivity contribution in [1.82, 2.24) is 10.6 Å². The summed E-state index contributed by atoms with van der Waals surface area (Å²) >= 11 is 5.43. The highest BCUT2D eigenvalue weighted by Gasteiger charge is 2.10. The Morgan fingerprint density at radius 2 is 2.00 bits per heavy atom. The van der Waals surface area contributed by atoms with Crippen molar-refractivity contribution in [2.75, 3.05) is 19.3 Å². The molecule has 1 aromatic rings. The van der Waals surface area contributed by atoms with Crippen LogP contribution in [0.15, 0.2) is 33.7 Å². The zero-order valence-electron chi connectivity index (χ0n) is 13.0. The molecule has 0 aliphatic carbocycles. The summed E-state index contributed by atoms with van der Waals surface area (Å²) in [5.41, 5.74) is 1.23. The van der Waals surface area contributed by atoms with E-state index in [1.54, 1.807) is 0 Å². The molecule has 6 heteroatoms. The van der Waals surface area contributed by atoms with Crippen LogP contribution in [0.1, 0.15) is 32.4 Å². The van der Waals surface area contributed by atoms with Crippen LogP contribution in [0.3, 0.4) is 0 Å². The van der Waals surface area contributed by atoms with Gasteiger partial charge in [0.15, 0.2) is 5.96 Å². The molecular formula is C15H25BrIN3S. The first-order chi connectivity index (χ1) is 9.58. The minimum atomic E-state index is 0. The number of hydrogen-bond acceptors (Lipinski definition) is 2. The number of halogens is 2. The molecular weight excluding hydrogens is 461 g/mol. The highest BCUT2D eigenvalue weighted by Crippen LogP contribution is 2.22. The van der Waals surface area contributed by atoms with Gasteiger partial charge in [0.1, 0.15) is 0 Å². The van der Waals surface area contributed by atoms with Gasteiger partial charge >= 0.3 is 0 Å². The first-order valence-electron chi connectivity index (χ1n) is 6.90. The Morgan fingerprint density at radius 1 is 1.33 bits per heavy atom. The molecule has 0 radical (unpaired) electrons. The van der Waals surface area contributed by atoms with Gasteiger partial charge in [-0.05, 0) is 31.7 Å². The van der Waals surface area contributed by atoms with Crippen molar-refractivity contribution in [2.45, 2.75) is 32.1 Å². The third-order valence-electron chi connectivity index (χ3n) is 2.98. The molecule has 0 saturated heterocycles. The van der Waals surface area contributed by atoms with Gasteiger partial charge in [0.25, 0.3) is 0 Å². The molecule has 2 unspecified atom stereocenters. The second-order valence-corrected chi connectivity index (χ2v) is 6.78. The van der Waals surface area contributed by atoms with Gasteiger partial charge in [0, 0.05) is 16.3 Å². The lowest BCUT2D eigenvalue weighted by Crippen LogP contribution is -2.39. The van der Waals surface area contributed by atoms with Crippen molar-refractivity contribution in [1.29, 1.82) is 0 Å². The molecule has 3 nitrogen and oxygen atoms in total. The van der Waals surface area contributed by atoms with Gasteiger partial charge in [-0.15, -0.1) is 24.0 Å². The Balaban J connectivity index is 0.00000400. The average Bonchev–Trinajstić information content (AvgIpc) is 2.44. The first kappa shape index (κ1) is 21.0. The molecule has 1 rings (SSSR count). The van der Waals surface area contributed by atoms with Crippen LogP contribution in [0.25, 0.3) is 0 Å². The van der Waals surface area contributed by atoms with Crippen molar-refractivity contribution < 1.29 is 0 Å². The number of aliphatic imine (C=N–C) groups is 1. The summed E-state index contributed by atoms with van der Waals surface area (Å²) in [5.74, 6) is 0.872. The number of thioether (sulfide) groups is 1. The maximum Gasteiger partial charge on any atom is 0.191 e. The van der Waals surface area contributed by atoms with E-state index in [4.69, 9.17) is 0 Å². The zero-order chi connectivity index (χ0) is 15.0. The lowest BCUT2D eigenvalue weighted by Gasteiger charge is -2.19. The standard InChI is InChI=1S/C15H24BrN3S.HI/c1-5-17-15(18-10-11(2)20-4)19-12(3)13-8-6-7-9-14(13)16;/h6-9,11-12H,5,10H2,1-4H3,(H2,17,18,19);1H. The van der Waals surface area contributed by atoms with Crippen LogP contribution >= 0.6 is 51.7 Å². The minimum absolute atomic E-state index is 0. The van der Waals surface area contributed by atoms with E-state index < -0.39 is 0 Å². The average molecular weight is 486 g/mol. The summed E-state index contributed by atoms with van der Waals surface area (Å²) in [6.45, 7) is 8.10. The SMILES string of the molecule is CCNC(=NCC(C)SC)NC(C)c1ccccc1Br.I. The summed E-state index contributed by atoms with van der Waals surface area (Å²) in [6.07, 6.45) is 2.12. The third-order valence-corrected chi connectivity index (χ3v) is 4.65. The number of guanidine groups is 1. The minimum Gasteiger partial charge on any atom is -0.357 e. The Morgan fingerprint density at radius 3 is 2.57 bits per heavy atom. The Labute approximate surface area is 158 Å². The molecule has 0 amide bonds. The number of hydrogen-bond donors (Lipinski definition) is 2. The predicted molar refractivity (Wildman–Crippen MR) is 110 cm³/mol. The monoisotopic (exact) mass is 485 g/mol. The van der Waals surface area contributed by atoms with Crippen molar-refractivity contribution in [3.63, 3.8) is 0 Å². The lowest BCUT2D eigenvalue weighted by atomic mass is 10.1. The lowest BCUT2D eigenvalue weighted by molar-refractivity contribution is 0.683. The molecule has 0 aromatic heterocycles. The number of rotatable bonds is 6. The number of nitrogens with one attached hydrogen (secondary N) is 2. The van der Waals surface area contributed by atoms with Gasteiger partial charge in [-0.25, -0.2) is 0 Å². The van der Waals surface area contributed by atoms with Crippen molar-refractivity contribution in [3.05, 3.63) is 34.3 Å². The van der Waals surface area contributed by atoms with Gasteiger partial charge < -0.3 is 10.6 Å². The van der Waals surface area contributed by atoms with E-state index in [0.29, 0.717) is 5.25 Å². The molecule has 0 spiro atoms. The normalized spacial score (nSPS) is 14.0. The van der Waals surface area contributed by atoms with Crippen LogP contribution in [-0.4, -0.2) is 30.6 Å². The maximum absolute atomic E-state index is 4.64. The summed E-state index contributed by atoms with van der Waals surface area (Å²) in [5, 5.41) is 7.28. The molecule has 120 valence electrons. The second-order valence-electron chi connectivity index (χ2n) is 4.65. The fourth-order valence-corrected chi connectivity index (χ4v) is 2.58. The molecule has 2 N–H and O–H groups in total. The summed E-state index contributed by atoms with van der Waals surface area (Å²) in [4.78, 5) is 4.64. The molecule has 0 saturated carbocycles. The molecule has 0 aliphatic rings. The Bertz CT molecular complexity index is 443. The van der Waals surface area contributed by atoms with Crippen LogP contribution in [0, 0.1) is 0 Å². The maximum atomic E-state index is 4.64. The van der Waals surface area contributed by atoms with Gasteiger partial charge in [-0.3, -0.25) is 4.99 Å². The second kappa shape index (κ2) is 11.6. The largest absolute Gasteiger partial charge is 0.357 e. The van der Waals surface area contributed by atoms with E-state index in [0.717, 1.165) is 23.5 Å². The zero-order valence-corrected chi connectivity index (χ0v) is 17.8. The summed E-state index contributed by atoms with van der Waals surface area (Å²) in [6, 6.07) is 8.47. The van der Waals surface area contributed by atoms with E-state index in [1.807, 2.05) is 17.8 Å². The van der Waals surface area contributed by atoms with E-state index >= 15 is 0 Å². The molecule has 21 heavy (non-hydrogen) atoms. The van der Waals surface area contributed by atoms with Gasteiger partial charge in [-0.2, -0.15) is 11.8 Å². The molecule has 0 fully saturated rings. The topological polar surface area (TPSA) is 36.4 Å². The number of nitrogens with zero attached hydrogens (tertiary/aromatic N) is 1. The molecule has 1 aromatic carbocycles. The molecule has 2 atom stereocenters. The first-order valence-corrected chi connectivity index (χ1v) is 8.98. The van der Waals surface area contributed by atoms with E-state index in [1.165, 1.54) is 5.56 Å². The smallest absolute Gasteiger partial charge is 0.191 e. The van der Waals surface area contributed by atoms with Crippen molar-refractivity contribution >= 4 is 57.6 Å². The van der Waals surface area contributed by atoms with Gasteiger partial charge in [0.05, 0.1) is 12.6 Å². The van der Waals surface area contributed by atoms with E-state index in [-0.39, 0.29) is 30.0 Å². The van der Waals surface area contributed by atoms with Crippen LogP contribution in [0.2, 0.25) is 0 Å². The van der Waals surface area contributed by atoms with Crippen LogP contribution in [-0.2, 0) is 0 Å². The van der Waals surface area contributed by atoms with Crippen LogP contribution in [0.5, 0.6) is 0 Å². The Hall–Kier alpha value is 0.0500. The molecule has 0 heterocycles. The van der Waals surface area contributed by atoms with Crippen LogP contribution in [0.4, 0.5) is 0 Å². The van der Waals surface area contributed by atoms with Gasteiger partial charge in [0.2, 0.25) is 0 Å². The fraction of sp³-hybridized carbons (Fsp3) is 0.533. The van der Waals surface area contributed by atoms with Crippen molar-refractivity contribution in [2.24, 2.45) is 4.99 Å². The summed E-state index contributed by atoms with van der Waals surface area (Å²) in [7, 11) is 0. The highest BCUT2D eigenvalue weighted by molar-refractivity contribution is 14.0. The predicted octanol–water partition coefficient (Wildman–Crippen LogP) is 4.43.